The summed E-state index contributed by atoms with van der Waals surface area (Å²) in [7, 11) is 0. The molecule has 0 saturated carbocycles. The van der Waals surface area contributed by atoms with E-state index < -0.39 is 11.7 Å². The minimum Gasteiger partial charge on any atom is -0.375 e. The first kappa shape index (κ1) is 15.4. The van der Waals surface area contributed by atoms with Crippen LogP contribution in [0.3, 0.4) is 0 Å². The average Bonchev–Trinajstić information content (AvgIpc) is 2.40. The maximum Gasteiger partial charge on any atom is 0.416 e. The van der Waals surface area contributed by atoms with Crippen molar-refractivity contribution >= 4 is 17.3 Å². The maximum atomic E-state index is 13.1. The summed E-state index contributed by atoms with van der Waals surface area (Å²) in [6, 6.07) is 4.39. The van der Waals surface area contributed by atoms with Crippen LogP contribution in [0.5, 0.6) is 0 Å². The number of ether oxygens (including phenoxy) is 1. The number of nitrogens with zero attached hydrogens (tertiary/aromatic N) is 1. The number of rotatable bonds is 2. The van der Waals surface area contributed by atoms with Crippen molar-refractivity contribution in [1.29, 1.82) is 0 Å². The van der Waals surface area contributed by atoms with Gasteiger partial charge in [0.1, 0.15) is 0 Å². The van der Waals surface area contributed by atoms with Crippen molar-refractivity contribution in [1.82, 2.24) is 0 Å². The first-order chi connectivity index (χ1) is 9.32. The van der Waals surface area contributed by atoms with E-state index in [1.54, 1.807) is 6.07 Å². The van der Waals surface area contributed by atoms with Crippen LogP contribution in [-0.4, -0.2) is 25.3 Å². The number of morpholine rings is 1. The molecule has 0 radical (unpaired) electrons. The summed E-state index contributed by atoms with van der Waals surface area (Å²) >= 11 is 5.59. The summed E-state index contributed by atoms with van der Waals surface area (Å²) < 4.78 is 44.7. The molecule has 1 aromatic rings. The Balaban J connectivity index is 2.37. The molecule has 2 unspecified atom stereocenters. The largest absolute Gasteiger partial charge is 0.416 e. The summed E-state index contributed by atoms with van der Waals surface area (Å²) in [5.41, 5.74) is 0.0158. The minimum absolute atomic E-state index is 0.00763. The highest BCUT2D eigenvalue weighted by molar-refractivity contribution is 6.17. The van der Waals surface area contributed by atoms with Crippen molar-refractivity contribution in [3.05, 3.63) is 29.3 Å². The third-order valence-corrected chi connectivity index (χ3v) is 3.77. The zero-order valence-electron chi connectivity index (χ0n) is 11.4. The molecule has 0 aromatic heterocycles. The Kier molecular flexibility index (Phi) is 4.49. The van der Waals surface area contributed by atoms with E-state index in [-0.39, 0.29) is 23.6 Å². The number of halogens is 4. The monoisotopic (exact) mass is 307 g/mol. The smallest absolute Gasteiger partial charge is 0.375 e. The zero-order valence-corrected chi connectivity index (χ0v) is 12.1. The van der Waals surface area contributed by atoms with Gasteiger partial charge in [-0.1, -0.05) is 6.07 Å². The van der Waals surface area contributed by atoms with Crippen LogP contribution in [0.25, 0.3) is 0 Å². The second-order valence-electron chi connectivity index (χ2n) is 5.12. The molecule has 112 valence electrons. The topological polar surface area (TPSA) is 12.5 Å². The van der Waals surface area contributed by atoms with Gasteiger partial charge in [-0.05, 0) is 31.5 Å². The molecule has 6 heteroatoms. The van der Waals surface area contributed by atoms with Crippen LogP contribution in [0.15, 0.2) is 18.2 Å². The van der Waals surface area contributed by atoms with Gasteiger partial charge in [-0.2, -0.15) is 13.2 Å². The highest BCUT2D eigenvalue weighted by Gasteiger charge is 2.34. The summed E-state index contributed by atoms with van der Waals surface area (Å²) in [6.07, 6.45) is -4.38. The average molecular weight is 308 g/mol. The minimum atomic E-state index is -4.39. The van der Waals surface area contributed by atoms with Gasteiger partial charge in [0.2, 0.25) is 0 Å². The lowest BCUT2D eigenvalue weighted by atomic mass is 10.1. The van der Waals surface area contributed by atoms with Gasteiger partial charge in [0.05, 0.1) is 18.3 Å². The Hall–Kier alpha value is -0.940. The van der Waals surface area contributed by atoms with E-state index in [1.165, 1.54) is 12.1 Å². The van der Waals surface area contributed by atoms with E-state index in [9.17, 15) is 13.2 Å². The molecule has 0 bridgehead atoms. The van der Waals surface area contributed by atoms with E-state index in [0.29, 0.717) is 18.8 Å². The number of anilines is 1. The van der Waals surface area contributed by atoms with Gasteiger partial charge >= 0.3 is 6.18 Å². The third-order valence-electron chi connectivity index (χ3n) is 3.48. The summed E-state index contributed by atoms with van der Waals surface area (Å²) in [6.45, 7) is 4.95. The van der Waals surface area contributed by atoms with Crippen molar-refractivity contribution in [2.75, 3.05) is 18.1 Å². The van der Waals surface area contributed by atoms with Crippen LogP contribution in [0, 0.1) is 0 Å². The van der Waals surface area contributed by atoms with Gasteiger partial charge in [0, 0.05) is 24.2 Å². The standard InChI is InChI=1S/C14H17ClF3NO/c1-9-8-20-10(2)7-19(9)12-4-3-11(6-15)13(5-12)14(16,17)18/h3-5,9-10H,6-8H2,1-2H3. The van der Waals surface area contributed by atoms with Crippen LogP contribution in [0.1, 0.15) is 25.0 Å². The van der Waals surface area contributed by atoms with Crippen LogP contribution >= 0.6 is 11.6 Å². The van der Waals surface area contributed by atoms with Crippen molar-refractivity contribution in [2.45, 2.75) is 38.0 Å². The normalized spacial score (nSPS) is 24.0. The van der Waals surface area contributed by atoms with E-state index in [4.69, 9.17) is 16.3 Å². The number of alkyl halides is 4. The number of hydrogen-bond donors (Lipinski definition) is 0. The maximum absolute atomic E-state index is 13.1. The van der Waals surface area contributed by atoms with Gasteiger partial charge in [0.15, 0.2) is 0 Å². The molecule has 2 nitrogen and oxygen atoms in total. The van der Waals surface area contributed by atoms with Gasteiger partial charge in [0.25, 0.3) is 0 Å². The van der Waals surface area contributed by atoms with E-state index in [2.05, 4.69) is 0 Å². The zero-order chi connectivity index (χ0) is 14.9. The quantitative estimate of drug-likeness (QED) is 0.764. The second kappa shape index (κ2) is 5.82. The fraction of sp³-hybridized carbons (Fsp3) is 0.571. The lowest BCUT2D eigenvalue weighted by molar-refractivity contribution is -0.138. The molecule has 1 fully saturated rings. The van der Waals surface area contributed by atoms with E-state index in [0.717, 1.165) is 0 Å². The molecule has 1 aliphatic rings. The van der Waals surface area contributed by atoms with Crippen LogP contribution in [-0.2, 0) is 16.8 Å². The Bertz CT molecular complexity index is 478. The van der Waals surface area contributed by atoms with Gasteiger partial charge in [-0.25, -0.2) is 0 Å². The molecule has 0 spiro atoms. The lowest BCUT2D eigenvalue weighted by Crippen LogP contribution is -2.47. The van der Waals surface area contributed by atoms with Crippen molar-refractivity contribution in [2.24, 2.45) is 0 Å². The highest BCUT2D eigenvalue weighted by Crippen LogP contribution is 2.36. The van der Waals surface area contributed by atoms with E-state index in [1.807, 2.05) is 18.7 Å². The van der Waals surface area contributed by atoms with Crippen molar-refractivity contribution < 1.29 is 17.9 Å². The first-order valence-corrected chi connectivity index (χ1v) is 7.00. The molecule has 0 N–H and O–H groups in total. The van der Waals surface area contributed by atoms with Crippen LogP contribution in [0.4, 0.5) is 18.9 Å². The van der Waals surface area contributed by atoms with Gasteiger partial charge in [-0.3, -0.25) is 0 Å². The molecule has 1 heterocycles. The predicted octanol–water partition coefficient (Wildman–Crippen LogP) is 4.06. The Labute approximate surface area is 121 Å². The molecular weight excluding hydrogens is 291 g/mol. The number of benzene rings is 1. The van der Waals surface area contributed by atoms with Gasteiger partial charge < -0.3 is 9.64 Å². The Morgan fingerprint density at radius 2 is 2.05 bits per heavy atom. The summed E-state index contributed by atoms with van der Waals surface area (Å²) in [5, 5.41) is 0. The van der Waals surface area contributed by atoms with Crippen LogP contribution < -0.4 is 4.90 Å². The SMILES string of the molecule is CC1CN(c2ccc(CCl)c(C(F)(F)F)c2)C(C)CO1. The first-order valence-electron chi connectivity index (χ1n) is 6.47. The molecule has 1 saturated heterocycles. The van der Waals surface area contributed by atoms with E-state index >= 15 is 0 Å². The molecular formula is C14H17ClF3NO. The number of hydrogen-bond acceptors (Lipinski definition) is 2. The Morgan fingerprint density at radius 3 is 2.65 bits per heavy atom. The lowest BCUT2D eigenvalue weighted by Gasteiger charge is -2.38. The van der Waals surface area contributed by atoms with Crippen molar-refractivity contribution in [3.63, 3.8) is 0 Å². The molecule has 2 rings (SSSR count). The van der Waals surface area contributed by atoms with Crippen LogP contribution in [0.2, 0.25) is 0 Å². The fourth-order valence-corrected chi connectivity index (χ4v) is 2.62. The third kappa shape index (κ3) is 3.20. The predicted molar refractivity (Wildman–Crippen MR) is 73.2 cm³/mol. The second-order valence-corrected chi connectivity index (χ2v) is 5.39. The summed E-state index contributed by atoms with van der Waals surface area (Å²) in [4.78, 5) is 1.95. The fourth-order valence-electron chi connectivity index (χ4n) is 2.39. The molecule has 2 atom stereocenters. The highest BCUT2D eigenvalue weighted by atomic mass is 35.5. The van der Waals surface area contributed by atoms with Crippen molar-refractivity contribution in [3.8, 4) is 0 Å². The summed E-state index contributed by atoms with van der Waals surface area (Å²) in [5.74, 6) is -0.149. The molecule has 1 aromatic carbocycles. The molecule has 20 heavy (non-hydrogen) atoms. The molecule has 1 aliphatic heterocycles. The van der Waals surface area contributed by atoms with Gasteiger partial charge in [-0.15, -0.1) is 11.6 Å². The molecule has 0 amide bonds. The molecule has 0 aliphatic carbocycles. The Morgan fingerprint density at radius 1 is 1.35 bits per heavy atom.